The maximum atomic E-state index is 10.8. The Hall–Kier alpha value is -0.960. The molecule has 0 spiro atoms. The van der Waals surface area contributed by atoms with Gasteiger partial charge < -0.3 is 5.11 Å². The van der Waals surface area contributed by atoms with Gasteiger partial charge >= 0.3 is 5.97 Å². The maximum Gasteiger partial charge on any atom is 0.319 e. The van der Waals surface area contributed by atoms with E-state index in [9.17, 15) is 4.79 Å². The van der Waals surface area contributed by atoms with E-state index in [2.05, 4.69) is 12.6 Å². The Labute approximate surface area is 89.4 Å². The summed E-state index contributed by atoms with van der Waals surface area (Å²) >= 11 is 4.12. The summed E-state index contributed by atoms with van der Waals surface area (Å²) in [5, 5.41) is 8.88. The topological polar surface area (TPSA) is 37.3 Å². The van der Waals surface area contributed by atoms with Gasteiger partial charge in [0.05, 0.1) is 0 Å². The molecule has 2 nitrogen and oxygen atoms in total. The van der Waals surface area contributed by atoms with Crippen molar-refractivity contribution in [2.45, 2.75) is 25.0 Å². The second-order valence-electron chi connectivity index (χ2n) is 3.74. The number of aliphatic carboxylic acids is 1. The van der Waals surface area contributed by atoms with Gasteiger partial charge in [0.1, 0.15) is 4.75 Å². The fourth-order valence-electron chi connectivity index (χ4n) is 1.18. The van der Waals surface area contributed by atoms with Gasteiger partial charge in [0.25, 0.3) is 0 Å². The van der Waals surface area contributed by atoms with Crippen molar-refractivity contribution in [2.75, 3.05) is 0 Å². The molecular formula is C11H14O2S. The number of carboxylic acid groups (broad SMARTS) is 1. The number of hydrogen-bond donors (Lipinski definition) is 2. The van der Waals surface area contributed by atoms with Crippen LogP contribution < -0.4 is 0 Å². The van der Waals surface area contributed by atoms with Gasteiger partial charge in [0, 0.05) is 0 Å². The first-order chi connectivity index (χ1) is 6.42. The lowest BCUT2D eigenvalue weighted by molar-refractivity contribution is -0.139. The van der Waals surface area contributed by atoms with Crippen LogP contribution in [0.1, 0.15) is 18.1 Å². The van der Waals surface area contributed by atoms with Crippen LogP contribution in [0.25, 0.3) is 0 Å². The predicted molar refractivity (Wildman–Crippen MR) is 59.9 cm³/mol. The highest BCUT2D eigenvalue weighted by Gasteiger charge is 2.28. The van der Waals surface area contributed by atoms with E-state index in [0.29, 0.717) is 6.42 Å². The molecule has 0 saturated heterocycles. The van der Waals surface area contributed by atoms with Crippen LogP contribution in [0, 0.1) is 6.92 Å². The van der Waals surface area contributed by atoms with E-state index in [0.717, 1.165) is 5.56 Å². The molecule has 1 atom stereocenters. The molecule has 0 heterocycles. The normalized spacial score (nSPS) is 14.8. The van der Waals surface area contributed by atoms with Gasteiger partial charge in [-0.05, 0) is 25.8 Å². The van der Waals surface area contributed by atoms with E-state index >= 15 is 0 Å². The molecule has 1 unspecified atom stereocenters. The van der Waals surface area contributed by atoms with Crippen molar-refractivity contribution in [2.24, 2.45) is 0 Å². The Kier molecular flexibility index (Phi) is 3.21. The Morgan fingerprint density at radius 1 is 1.43 bits per heavy atom. The zero-order chi connectivity index (χ0) is 10.8. The van der Waals surface area contributed by atoms with Crippen molar-refractivity contribution < 1.29 is 9.90 Å². The highest BCUT2D eigenvalue weighted by molar-refractivity contribution is 7.82. The fraction of sp³-hybridized carbons (Fsp3) is 0.364. The third-order valence-corrected chi connectivity index (χ3v) is 2.48. The molecule has 0 saturated carbocycles. The number of thiol groups is 1. The first kappa shape index (κ1) is 11.1. The van der Waals surface area contributed by atoms with Gasteiger partial charge in [0.15, 0.2) is 0 Å². The molecule has 0 aliphatic rings. The molecule has 0 aliphatic carbocycles. The maximum absolute atomic E-state index is 10.8. The summed E-state index contributed by atoms with van der Waals surface area (Å²) in [6.07, 6.45) is 0.436. The SMILES string of the molecule is Cc1ccc(CC(C)(S)C(=O)O)cc1. The molecule has 14 heavy (non-hydrogen) atoms. The lowest BCUT2D eigenvalue weighted by Crippen LogP contribution is -2.31. The molecule has 0 aromatic heterocycles. The first-order valence-corrected chi connectivity index (χ1v) is 4.88. The van der Waals surface area contributed by atoms with E-state index in [4.69, 9.17) is 5.11 Å². The minimum atomic E-state index is -0.991. The Morgan fingerprint density at radius 3 is 2.36 bits per heavy atom. The van der Waals surface area contributed by atoms with Gasteiger partial charge in [-0.2, -0.15) is 12.6 Å². The van der Waals surface area contributed by atoms with Gasteiger partial charge in [0.2, 0.25) is 0 Å². The van der Waals surface area contributed by atoms with Gasteiger partial charge in [-0.15, -0.1) is 0 Å². The van der Waals surface area contributed by atoms with Crippen molar-refractivity contribution >= 4 is 18.6 Å². The summed E-state index contributed by atoms with van der Waals surface area (Å²) in [4.78, 5) is 10.8. The van der Waals surface area contributed by atoms with Crippen molar-refractivity contribution in [1.29, 1.82) is 0 Å². The summed E-state index contributed by atoms with van der Waals surface area (Å²) in [7, 11) is 0. The van der Waals surface area contributed by atoms with E-state index in [1.807, 2.05) is 31.2 Å². The summed E-state index contributed by atoms with van der Waals surface area (Å²) in [5.74, 6) is -0.888. The van der Waals surface area contributed by atoms with Crippen molar-refractivity contribution in [1.82, 2.24) is 0 Å². The zero-order valence-electron chi connectivity index (χ0n) is 8.32. The number of benzene rings is 1. The van der Waals surface area contributed by atoms with Crippen LogP contribution in [0.5, 0.6) is 0 Å². The van der Waals surface area contributed by atoms with Crippen LogP contribution in [0.4, 0.5) is 0 Å². The molecule has 1 N–H and O–H groups in total. The Morgan fingerprint density at radius 2 is 1.93 bits per heavy atom. The summed E-state index contributed by atoms with van der Waals surface area (Å²) in [5.41, 5.74) is 2.17. The first-order valence-electron chi connectivity index (χ1n) is 4.43. The van der Waals surface area contributed by atoms with Crippen LogP contribution in [0.2, 0.25) is 0 Å². The lowest BCUT2D eigenvalue weighted by atomic mass is 9.99. The van der Waals surface area contributed by atoms with Crippen LogP contribution in [0.3, 0.4) is 0 Å². The summed E-state index contributed by atoms with van der Waals surface area (Å²) in [6, 6.07) is 7.82. The van der Waals surface area contributed by atoms with Crippen LogP contribution in [-0.2, 0) is 11.2 Å². The number of carbonyl (C=O) groups is 1. The average Bonchev–Trinajstić information content (AvgIpc) is 2.08. The summed E-state index contributed by atoms with van der Waals surface area (Å²) < 4.78 is -0.991. The Balaban J connectivity index is 2.79. The quantitative estimate of drug-likeness (QED) is 0.751. The van der Waals surface area contributed by atoms with Crippen molar-refractivity contribution in [3.63, 3.8) is 0 Å². The third kappa shape index (κ3) is 2.77. The molecule has 1 aromatic carbocycles. The van der Waals surface area contributed by atoms with E-state index in [1.165, 1.54) is 5.56 Å². The molecule has 0 aliphatic heterocycles. The Bertz CT molecular complexity index is 328. The molecule has 3 heteroatoms. The highest BCUT2D eigenvalue weighted by Crippen LogP contribution is 2.20. The standard InChI is InChI=1S/C11H14O2S/c1-8-3-5-9(6-4-8)7-11(2,14)10(12)13/h3-6,14H,7H2,1-2H3,(H,12,13). The molecule has 0 fully saturated rings. The van der Waals surface area contributed by atoms with Crippen LogP contribution in [-0.4, -0.2) is 15.8 Å². The molecular weight excluding hydrogens is 196 g/mol. The number of hydrogen-bond acceptors (Lipinski definition) is 2. The lowest BCUT2D eigenvalue weighted by Gasteiger charge is -2.17. The molecule has 0 bridgehead atoms. The van der Waals surface area contributed by atoms with Crippen LogP contribution >= 0.6 is 12.6 Å². The fourth-order valence-corrected chi connectivity index (χ4v) is 1.36. The zero-order valence-corrected chi connectivity index (χ0v) is 9.21. The molecule has 1 rings (SSSR count). The summed E-state index contributed by atoms with van der Waals surface area (Å²) in [6.45, 7) is 3.61. The number of carboxylic acids is 1. The number of rotatable bonds is 3. The smallest absolute Gasteiger partial charge is 0.319 e. The molecule has 0 radical (unpaired) electrons. The van der Waals surface area contributed by atoms with Crippen molar-refractivity contribution in [3.05, 3.63) is 35.4 Å². The molecule has 76 valence electrons. The van der Waals surface area contributed by atoms with E-state index in [-0.39, 0.29) is 0 Å². The second-order valence-corrected chi connectivity index (χ2v) is 4.73. The minimum absolute atomic E-state index is 0.436. The largest absolute Gasteiger partial charge is 0.480 e. The second kappa shape index (κ2) is 4.05. The molecule has 1 aromatic rings. The third-order valence-electron chi connectivity index (χ3n) is 2.13. The van der Waals surface area contributed by atoms with Gasteiger partial charge in [-0.1, -0.05) is 29.8 Å². The highest BCUT2D eigenvalue weighted by atomic mass is 32.1. The van der Waals surface area contributed by atoms with E-state index in [1.54, 1.807) is 6.92 Å². The van der Waals surface area contributed by atoms with Crippen molar-refractivity contribution in [3.8, 4) is 0 Å². The average molecular weight is 210 g/mol. The van der Waals surface area contributed by atoms with Crippen LogP contribution in [0.15, 0.2) is 24.3 Å². The van der Waals surface area contributed by atoms with Gasteiger partial charge in [-0.3, -0.25) is 4.79 Å². The predicted octanol–water partition coefficient (Wildman–Crippen LogP) is 2.31. The van der Waals surface area contributed by atoms with E-state index < -0.39 is 10.7 Å². The number of aryl methyl sites for hydroxylation is 1. The molecule has 0 amide bonds. The minimum Gasteiger partial charge on any atom is -0.480 e. The monoisotopic (exact) mass is 210 g/mol. The van der Waals surface area contributed by atoms with Gasteiger partial charge in [-0.25, -0.2) is 0 Å².